The van der Waals surface area contributed by atoms with Crippen molar-refractivity contribution in [2.75, 3.05) is 13.2 Å². The Hall–Kier alpha value is -2.90. The summed E-state index contributed by atoms with van der Waals surface area (Å²) >= 11 is 0. The van der Waals surface area contributed by atoms with Crippen LogP contribution in [0.4, 0.5) is 4.79 Å². The molecule has 1 heterocycles. The number of nitrogens with one attached hydrogen (secondary N) is 1. The maximum absolute atomic E-state index is 12.5. The molecule has 1 amide bonds. The van der Waals surface area contributed by atoms with Crippen molar-refractivity contribution in [3.63, 3.8) is 0 Å². The number of rotatable bonds is 6. The Morgan fingerprint density at radius 2 is 1.69 bits per heavy atom. The van der Waals surface area contributed by atoms with Crippen molar-refractivity contribution in [2.45, 2.75) is 56.0 Å². The summed E-state index contributed by atoms with van der Waals surface area (Å²) in [6.07, 6.45) is 2.81. The van der Waals surface area contributed by atoms with Crippen molar-refractivity contribution in [3.8, 4) is 11.1 Å². The molecule has 7 nitrogen and oxygen atoms in total. The predicted octanol–water partition coefficient (Wildman–Crippen LogP) is 4.05. The molecule has 1 aliphatic heterocycles. The molecule has 2 N–H and O–H groups in total. The minimum absolute atomic E-state index is 0.0785. The van der Waals surface area contributed by atoms with Crippen LogP contribution in [0.5, 0.6) is 0 Å². The summed E-state index contributed by atoms with van der Waals surface area (Å²) in [5.74, 6) is -1.75. The highest BCUT2D eigenvalue weighted by Crippen LogP contribution is 2.44. The Bertz CT molecular complexity index is 969. The van der Waals surface area contributed by atoms with E-state index in [2.05, 4.69) is 17.4 Å². The largest absolute Gasteiger partial charge is 0.480 e. The van der Waals surface area contributed by atoms with E-state index in [-0.39, 0.29) is 25.0 Å². The van der Waals surface area contributed by atoms with Crippen molar-refractivity contribution in [1.82, 2.24) is 5.32 Å². The number of benzene rings is 2. The molecule has 1 spiro atoms. The lowest BCUT2D eigenvalue weighted by Crippen LogP contribution is -2.44. The quantitative estimate of drug-likeness (QED) is 0.708. The summed E-state index contributed by atoms with van der Waals surface area (Å²) in [7, 11) is 0. The summed E-state index contributed by atoms with van der Waals surface area (Å²) in [5.41, 5.74) is 4.49. The molecule has 3 aliphatic rings. The number of alkyl carbamates (subject to hydrolysis) is 1. The minimum atomic E-state index is -1.12. The fourth-order valence-electron chi connectivity index (χ4n) is 5.18. The lowest BCUT2D eigenvalue weighted by molar-refractivity contribution is -0.164. The third-order valence-corrected chi connectivity index (χ3v) is 6.71. The molecular formula is C25H27NO6. The van der Waals surface area contributed by atoms with E-state index < -0.39 is 23.9 Å². The van der Waals surface area contributed by atoms with Crippen molar-refractivity contribution < 1.29 is 28.9 Å². The zero-order valence-electron chi connectivity index (χ0n) is 17.8. The number of carboxylic acid groups (broad SMARTS) is 1. The van der Waals surface area contributed by atoms with E-state index in [1.165, 1.54) is 0 Å². The SMILES string of the molecule is O=C(NC(CC1COC2(CCCC2)O1)C(=O)O)OCC1c2ccccc2-c2ccccc21. The van der Waals surface area contributed by atoms with Gasteiger partial charge in [-0.3, -0.25) is 0 Å². The second-order valence-corrected chi connectivity index (χ2v) is 8.77. The van der Waals surface area contributed by atoms with Gasteiger partial charge in [0.2, 0.25) is 0 Å². The number of fused-ring (bicyclic) bond motifs is 3. The number of amides is 1. The highest BCUT2D eigenvalue weighted by Gasteiger charge is 2.44. The molecule has 0 bridgehead atoms. The van der Waals surface area contributed by atoms with Crippen LogP contribution >= 0.6 is 0 Å². The number of carbonyl (C=O) groups is 2. The second-order valence-electron chi connectivity index (χ2n) is 8.77. The molecule has 2 unspecified atom stereocenters. The Kier molecular flexibility index (Phi) is 5.61. The van der Waals surface area contributed by atoms with Crippen LogP contribution in [0.25, 0.3) is 11.1 Å². The van der Waals surface area contributed by atoms with Crippen molar-refractivity contribution in [3.05, 3.63) is 59.7 Å². The van der Waals surface area contributed by atoms with Gasteiger partial charge in [-0.25, -0.2) is 9.59 Å². The van der Waals surface area contributed by atoms with Gasteiger partial charge in [0.1, 0.15) is 12.6 Å². The number of carbonyl (C=O) groups excluding carboxylic acids is 1. The van der Waals surface area contributed by atoms with Gasteiger partial charge in [-0.15, -0.1) is 0 Å². The fourth-order valence-corrected chi connectivity index (χ4v) is 5.18. The van der Waals surface area contributed by atoms with E-state index in [9.17, 15) is 14.7 Å². The molecule has 168 valence electrons. The lowest BCUT2D eigenvalue weighted by Gasteiger charge is -2.23. The third-order valence-electron chi connectivity index (χ3n) is 6.71. The molecule has 32 heavy (non-hydrogen) atoms. The molecule has 0 radical (unpaired) electrons. The van der Waals surface area contributed by atoms with Crippen LogP contribution < -0.4 is 5.32 Å². The van der Waals surface area contributed by atoms with Crippen LogP contribution in [0.2, 0.25) is 0 Å². The molecule has 1 saturated carbocycles. The number of carboxylic acids is 1. The van der Waals surface area contributed by atoms with Gasteiger partial charge < -0.3 is 24.6 Å². The molecule has 2 aromatic rings. The molecule has 0 aromatic heterocycles. The monoisotopic (exact) mass is 437 g/mol. The van der Waals surface area contributed by atoms with Crippen LogP contribution in [0.15, 0.2) is 48.5 Å². The zero-order valence-corrected chi connectivity index (χ0v) is 17.8. The molecule has 2 aromatic carbocycles. The molecule has 5 rings (SSSR count). The van der Waals surface area contributed by atoms with Gasteiger partial charge in [0.15, 0.2) is 5.79 Å². The number of hydrogen-bond donors (Lipinski definition) is 2. The lowest BCUT2D eigenvalue weighted by atomic mass is 9.98. The first-order chi connectivity index (χ1) is 15.5. The molecule has 2 atom stereocenters. The van der Waals surface area contributed by atoms with E-state index in [1.807, 2.05) is 36.4 Å². The van der Waals surface area contributed by atoms with E-state index in [4.69, 9.17) is 14.2 Å². The summed E-state index contributed by atoms with van der Waals surface area (Å²) in [5, 5.41) is 12.1. The van der Waals surface area contributed by atoms with E-state index in [0.717, 1.165) is 47.9 Å². The van der Waals surface area contributed by atoms with Crippen LogP contribution in [0.3, 0.4) is 0 Å². The van der Waals surface area contributed by atoms with Crippen LogP contribution in [0.1, 0.15) is 49.1 Å². The molecular weight excluding hydrogens is 410 g/mol. The van der Waals surface area contributed by atoms with Crippen molar-refractivity contribution in [2.24, 2.45) is 0 Å². The maximum atomic E-state index is 12.5. The number of ether oxygens (including phenoxy) is 3. The van der Waals surface area contributed by atoms with Gasteiger partial charge in [-0.1, -0.05) is 48.5 Å². The van der Waals surface area contributed by atoms with E-state index in [1.54, 1.807) is 0 Å². The van der Waals surface area contributed by atoms with Gasteiger partial charge in [-0.2, -0.15) is 0 Å². The Balaban J connectivity index is 1.20. The Morgan fingerprint density at radius 1 is 1.06 bits per heavy atom. The predicted molar refractivity (Wildman–Crippen MR) is 116 cm³/mol. The van der Waals surface area contributed by atoms with Gasteiger partial charge >= 0.3 is 12.1 Å². The van der Waals surface area contributed by atoms with E-state index >= 15 is 0 Å². The van der Waals surface area contributed by atoms with Gasteiger partial charge in [-0.05, 0) is 35.1 Å². The number of hydrogen-bond acceptors (Lipinski definition) is 5. The Morgan fingerprint density at radius 3 is 2.31 bits per heavy atom. The molecule has 7 heteroatoms. The highest BCUT2D eigenvalue weighted by molar-refractivity contribution is 5.81. The average Bonchev–Trinajstić information content (AvgIpc) is 3.50. The number of aliphatic carboxylic acids is 1. The summed E-state index contributed by atoms with van der Waals surface area (Å²) < 4.78 is 17.3. The first-order valence-electron chi connectivity index (χ1n) is 11.2. The van der Waals surface area contributed by atoms with Gasteiger partial charge in [0, 0.05) is 25.2 Å². The fraction of sp³-hybridized carbons (Fsp3) is 0.440. The summed E-state index contributed by atoms with van der Waals surface area (Å²) in [6, 6.07) is 15.0. The topological polar surface area (TPSA) is 94.1 Å². The van der Waals surface area contributed by atoms with Gasteiger partial charge in [0.05, 0.1) is 12.7 Å². The van der Waals surface area contributed by atoms with Crippen molar-refractivity contribution in [1.29, 1.82) is 0 Å². The zero-order chi connectivity index (χ0) is 22.1. The second kappa shape index (κ2) is 8.56. The third kappa shape index (κ3) is 3.98. The Labute approximate surface area is 186 Å². The van der Waals surface area contributed by atoms with Crippen LogP contribution in [-0.2, 0) is 19.0 Å². The summed E-state index contributed by atoms with van der Waals surface area (Å²) in [6.45, 7) is 0.481. The average molecular weight is 437 g/mol. The van der Waals surface area contributed by atoms with Crippen molar-refractivity contribution >= 4 is 12.1 Å². The smallest absolute Gasteiger partial charge is 0.407 e. The molecule has 2 aliphatic carbocycles. The first kappa shape index (κ1) is 21.0. The molecule has 2 fully saturated rings. The highest BCUT2D eigenvalue weighted by atomic mass is 16.7. The maximum Gasteiger partial charge on any atom is 0.407 e. The molecule has 1 saturated heterocycles. The minimum Gasteiger partial charge on any atom is -0.480 e. The normalized spacial score (nSPS) is 21.8. The first-order valence-corrected chi connectivity index (χ1v) is 11.2. The van der Waals surface area contributed by atoms with Crippen LogP contribution in [0, 0.1) is 0 Å². The van der Waals surface area contributed by atoms with Gasteiger partial charge in [0.25, 0.3) is 0 Å². The van der Waals surface area contributed by atoms with E-state index in [0.29, 0.717) is 6.61 Å². The standard InChI is InChI=1S/C25H27NO6/c27-23(28)22(13-16-14-31-25(32-16)11-5-6-12-25)26-24(29)30-15-21-19-9-3-1-7-17(19)18-8-2-4-10-20(18)21/h1-4,7-10,16,21-22H,5-6,11-15H2,(H,26,29)(H,27,28). The van der Waals surface area contributed by atoms with Crippen LogP contribution in [-0.4, -0.2) is 48.3 Å². The summed E-state index contributed by atoms with van der Waals surface area (Å²) in [4.78, 5) is 24.2.